The highest BCUT2D eigenvalue weighted by Gasteiger charge is 2.26. The molecular formula is C13H23N3O2. The van der Waals surface area contributed by atoms with E-state index in [-0.39, 0.29) is 30.3 Å². The second kappa shape index (κ2) is 6.54. The fraction of sp³-hybridized carbons (Fsp3) is 0.692. The first kappa shape index (κ1) is 14.7. The first-order valence-electron chi connectivity index (χ1n) is 6.35. The number of carbonyl (C=O) groups excluding carboxylic acids is 2. The predicted molar refractivity (Wildman–Crippen MR) is 70.7 cm³/mol. The van der Waals surface area contributed by atoms with E-state index < -0.39 is 0 Å². The summed E-state index contributed by atoms with van der Waals surface area (Å²) in [4.78, 5) is 25.1. The maximum atomic E-state index is 12.0. The van der Waals surface area contributed by atoms with Crippen LogP contribution in [0.2, 0.25) is 0 Å². The molecular weight excluding hydrogens is 230 g/mol. The summed E-state index contributed by atoms with van der Waals surface area (Å²) in [6.45, 7) is 4.79. The molecule has 1 rings (SSSR count). The van der Waals surface area contributed by atoms with Crippen molar-refractivity contribution in [3.63, 3.8) is 0 Å². The van der Waals surface area contributed by atoms with E-state index in [4.69, 9.17) is 5.73 Å². The quantitative estimate of drug-likeness (QED) is 0.683. The van der Waals surface area contributed by atoms with Crippen LogP contribution in [0.5, 0.6) is 0 Å². The van der Waals surface area contributed by atoms with Crippen molar-refractivity contribution in [2.75, 3.05) is 20.1 Å². The Kier molecular flexibility index (Phi) is 5.34. The molecule has 0 spiro atoms. The molecule has 0 heterocycles. The fourth-order valence-corrected chi connectivity index (χ4v) is 1.86. The number of nitrogens with two attached hydrogens (primary N) is 1. The van der Waals surface area contributed by atoms with Gasteiger partial charge in [-0.05, 0) is 12.3 Å². The molecule has 0 aliphatic heterocycles. The molecule has 0 saturated carbocycles. The average Bonchev–Trinajstić information content (AvgIpc) is 2.72. The third-order valence-corrected chi connectivity index (χ3v) is 2.90. The second-order valence-electron chi connectivity index (χ2n) is 5.28. The summed E-state index contributed by atoms with van der Waals surface area (Å²) in [5.41, 5.74) is 5.71. The van der Waals surface area contributed by atoms with Gasteiger partial charge < -0.3 is 16.0 Å². The Morgan fingerprint density at radius 2 is 2.11 bits per heavy atom. The number of likely N-dealkylation sites (N-methyl/N-ethyl adjacent to an activating group) is 1. The number of carbonyl (C=O) groups is 2. The van der Waals surface area contributed by atoms with Gasteiger partial charge in [-0.1, -0.05) is 26.0 Å². The van der Waals surface area contributed by atoms with Gasteiger partial charge in [0.05, 0.1) is 12.5 Å². The van der Waals surface area contributed by atoms with Crippen LogP contribution in [-0.4, -0.2) is 42.9 Å². The molecule has 2 unspecified atom stereocenters. The number of nitrogens with one attached hydrogen (secondary N) is 1. The Morgan fingerprint density at radius 1 is 1.44 bits per heavy atom. The van der Waals surface area contributed by atoms with Crippen molar-refractivity contribution in [2.24, 2.45) is 17.6 Å². The van der Waals surface area contributed by atoms with E-state index in [9.17, 15) is 9.59 Å². The van der Waals surface area contributed by atoms with Crippen molar-refractivity contribution < 1.29 is 9.59 Å². The lowest BCUT2D eigenvalue weighted by atomic mass is 10.1. The molecule has 0 fully saturated rings. The number of amides is 2. The molecule has 0 aromatic heterocycles. The monoisotopic (exact) mass is 253 g/mol. The van der Waals surface area contributed by atoms with Crippen LogP contribution in [0.15, 0.2) is 12.2 Å². The van der Waals surface area contributed by atoms with Crippen LogP contribution in [0.1, 0.15) is 20.3 Å². The zero-order valence-corrected chi connectivity index (χ0v) is 11.3. The molecule has 5 nitrogen and oxygen atoms in total. The highest BCUT2D eigenvalue weighted by atomic mass is 16.2. The maximum absolute atomic E-state index is 12.0. The first-order chi connectivity index (χ1) is 8.40. The lowest BCUT2D eigenvalue weighted by molar-refractivity contribution is -0.136. The molecule has 3 N–H and O–H groups in total. The fourth-order valence-electron chi connectivity index (χ4n) is 1.86. The molecule has 0 aromatic carbocycles. The second-order valence-corrected chi connectivity index (χ2v) is 5.28. The van der Waals surface area contributed by atoms with E-state index in [0.717, 1.165) is 0 Å². The van der Waals surface area contributed by atoms with Gasteiger partial charge in [-0.3, -0.25) is 9.59 Å². The Hall–Kier alpha value is -1.36. The largest absolute Gasteiger partial charge is 0.354 e. The van der Waals surface area contributed by atoms with Gasteiger partial charge >= 0.3 is 0 Å². The zero-order chi connectivity index (χ0) is 13.7. The molecule has 5 heteroatoms. The summed E-state index contributed by atoms with van der Waals surface area (Å²) >= 11 is 0. The van der Waals surface area contributed by atoms with Crippen molar-refractivity contribution in [2.45, 2.75) is 26.3 Å². The normalized spacial score (nSPS) is 22.3. The topological polar surface area (TPSA) is 75.4 Å². The molecule has 0 aromatic rings. The van der Waals surface area contributed by atoms with E-state index in [0.29, 0.717) is 18.9 Å². The van der Waals surface area contributed by atoms with Gasteiger partial charge in [0.15, 0.2) is 0 Å². The zero-order valence-electron chi connectivity index (χ0n) is 11.3. The van der Waals surface area contributed by atoms with Crippen LogP contribution in [0.4, 0.5) is 0 Å². The van der Waals surface area contributed by atoms with Gasteiger partial charge in [0.2, 0.25) is 11.8 Å². The summed E-state index contributed by atoms with van der Waals surface area (Å²) in [7, 11) is 1.65. The van der Waals surface area contributed by atoms with Gasteiger partial charge in [-0.25, -0.2) is 0 Å². The molecule has 2 amide bonds. The summed E-state index contributed by atoms with van der Waals surface area (Å²) in [6, 6.07) is -0.0397. The van der Waals surface area contributed by atoms with E-state index in [1.54, 1.807) is 7.05 Å². The Bertz CT molecular complexity index is 339. The Balaban J connectivity index is 2.36. The van der Waals surface area contributed by atoms with Crippen LogP contribution in [-0.2, 0) is 9.59 Å². The summed E-state index contributed by atoms with van der Waals surface area (Å²) in [6.07, 6.45) is 4.31. The highest BCUT2D eigenvalue weighted by molar-refractivity contribution is 5.86. The van der Waals surface area contributed by atoms with Crippen LogP contribution in [0, 0.1) is 11.8 Å². The van der Waals surface area contributed by atoms with E-state index in [1.807, 2.05) is 26.0 Å². The van der Waals surface area contributed by atoms with Crippen LogP contribution in [0.3, 0.4) is 0 Å². The van der Waals surface area contributed by atoms with E-state index >= 15 is 0 Å². The van der Waals surface area contributed by atoms with Gasteiger partial charge in [0.25, 0.3) is 0 Å². The number of hydrogen-bond acceptors (Lipinski definition) is 3. The summed E-state index contributed by atoms with van der Waals surface area (Å²) in [5, 5.41) is 2.79. The van der Waals surface area contributed by atoms with Gasteiger partial charge in [-0.2, -0.15) is 0 Å². The number of nitrogens with zero attached hydrogens (tertiary/aromatic N) is 1. The Morgan fingerprint density at radius 3 is 2.61 bits per heavy atom. The predicted octanol–water partition coefficient (Wildman–Crippen LogP) is 0.120. The molecule has 1 aliphatic carbocycles. The van der Waals surface area contributed by atoms with Crippen LogP contribution >= 0.6 is 0 Å². The van der Waals surface area contributed by atoms with Crippen molar-refractivity contribution in [3.05, 3.63) is 12.2 Å². The minimum Gasteiger partial charge on any atom is -0.354 e. The lowest BCUT2D eigenvalue weighted by Crippen LogP contribution is -2.41. The standard InChI is InChI=1S/C13H23N3O2/c1-9(2)7-15-12(17)8-16(3)13(18)10-4-5-11(14)6-10/h4-5,9-11H,6-8,14H2,1-3H3,(H,15,17). The molecule has 0 radical (unpaired) electrons. The summed E-state index contributed by atoms with van der Waals surface area (Å²) < 4.78 is 0. The van der Waals surface area contributed by atoms with Gasteiger partial charge in [0, 0.05) is 19.6 Å². The molecule has 2 atom stereocenters. The van der Waals surface area contributed by atoms with Gasteiger partial charge in [0.1, 0.15) is 0 Å². The molecule has 102 valence electrons. The van der Waals surface area contributed by atoms with E-state index in [2.05, 4.69) is 5.32 Å². The average molecular weight is 253 g/mol. The smallest absolute Gasteiger partial charge is 0.239 e. The summed E-state index contributed by atoms with van der Waals surface area (Å²) in [5.74, 6) is 0.0679. The molecule has 0 bridgehead atoms. The van der Waals surface area contributed by atoms with Gasteiger partial charge in [-0.15, -0.1) is 0 Å². The number of rotatable bonds is 5. The number of hydrogen-bond donors (Lipinski definition) is 2. The van der Waals surface area contributed by atoms with Crippen molar-refractivity contribution in [3.8, 4) is 0 Å². The third kappa shape index (κ3) is 4.49. The van der Waals surface area contributed by atoms with Crippen molar-refractivity contribution in [1.82, 2.24) is 10.2 Å². The van der Waals surface area contributed by atoms with Crippen LogP contribution in [0.25, 0.3) is 0 Å². The minimum absolute atomic E-state index is 0.0397. The van der Waals surface area contributed by atoms with Crippen molar-refractivity contribution in [1.29, 1.82) is 0 Å². The third-order valence-electron chi connectivity index (χ3n) is 2.90. The Labute approximate surface area is 108 Å². The van der Waals surface area contributed by atoms with E-state index in [1.165, 1.54) is 4.90 Å². The molecule has 18 heavy (non-hydrogen) atoms. The minimum atomic E-state index is -0.178. The molecule has 0 saturated heterocycles. The first-order valence-corrected chi connectivity index (χ1v) is 6.35. The highest BCUT2D eigenvalue weighted by Crippen LogP contribution is 2.18. The lowest BCUT2D eigenvalue weighted by Gasteiger charge is -2.20. The van der Waals surface area contributed by atoms with Crippen molar-refractivity contribution >= 4 is 11.8 Å². The maximum Gasteiger partial charge on any atom is 0.239 e. The SMILES string of the molecule is CC(C)CNC(=O)CN(C)C(=O)C1C=CC(N)C1. The van der Waals surface area contributed by atoms with Crippen LogP contribution < -0.4 is 11.1 Å². The molecule has 1 aliphatic rings.